The fourth-order valence-electron chi connectivity index (χ4n) is 3.59. The summed E-state index contributed by atoms with van der Waals surface area (Å²) < 4.78 is 27.1. The third-order valence-corrected chi connectivity index (χ3v) is 6.32. The van der Waals surface area contributed by atoms with E-state index < -0.39 is 10.2 Å². The second kappa shape index (κ2) is 7.67. The molecule has 1 aliphatic heterocycles. The molecule has 2 N–H and O–H groups in total. The Kier molecular flexibility index (Phi) is 5.71. The molecule has 2 aromatic rings. The topological polar surface area (TPSA) is 96.8 Å². The van der Waals surface area contributed by atoms with Gasteiger partial charge in [-0.1, -0.05) is 24.9 Å². The monoisotopic (exact) mass is 400 g/mol. The molecule has 8 nitrogen and oxygen atoms in total. The predicted molar refractivity (Wildman–Crippen MR) is 103 cm³/mol. The van der Waals surface area contributed by atoms with Gasteiger partial charge in [-0.25, -0.2) is 14.6 Å². The van der Waals surface area contributed by atoms with E-state index in [1.165, 1.54) is 10.6 Å². The quantitative estimate of drug-likeness (QED) is 0.799. The van der Waals surface area contributed by atoms with E-state index in [0.717, 1.165) is 29.7 Å². The third kappa shape index (κ3) is 3.80. The van der Waals surface area contributed by atoms with Gasteiger partial charge in [0.05, 0.1) is 0 Å². The van der Waals surface area contributed by atoms with Crippen molar-refractivity contribution >= 4 is 33.1 Å². The minimum Gasteiger partial charge on any atom is -0.355 e. The Morgan fingerprint density at radius 1 is 1.38 bits per heavy atom. The number of aryl methyl sites for hydroxylation is 1. The predicted octanol–water partition coefficient (Wildman–Crippen LogP) is 1.97. The molecule has 144 valence electrons. The van der Waals surface area contributed by atoms with Gasteiger partial charge in [-0.2, -0.15) is 17.8 Å². The van der Waals surface area contributed by atoms with Gasteiger partial charge in [0.15, 0.2) is 5.82 Å². The van der Waals surface area contributed by atoms with Gasteiger partial charge in [-0.15, -0.1) is 0 Å². The van der Waals surface area contributed by atoms with Crippen LogP contribution in [0, 0.1) is 6.92 Å². The number of nitrogens with zero attached hydrogens (tertiary/aromatic N) is 5. The summed E-state index contributed by atoms with van der Waals surface area (Å²) in [6, 6.07) is 1.80. The first-order valence-electron chi connectivity index (χ1n) is 8.86. The van der Waals surface area contributed by atoms with Crippen molar-refractivity contribution in [2.45, 2.75) is 45.6 Å². The van der Waals surface area contributed by atoms with Gasteiger partial charge < -0.3 is 4.90 Å². The second-order valence-corrected chi connectivity index (χ2v) is 8.61. The summed E-state index contributed by atoms with van der Waals surface area (Å²) in [7, 11) is -3.69. The van der Waals surface area contributed by atoms with E-state index in [9.17, 15) is 8.42 Å². The van der Waals surface area contributed by atoms with Crippen LogP contribution in [0.15, 0.2) is 12.4 Å². The molecule has 0 bridgehead atoms. The number of unbranched alkanes of at least 4 members (excludes halogenated alkanes) is 1. The van der Waals surface area contributed by atoms with Crippen molar-refractivity contribution in [1.82, 2.24) is 18.9 Å². The minimum absolute atomic E-state index is 0.0675. The Balaban J connectivity index is 1.78. The van der Waals surface area contributed by atoms with Crippen LogP contribution < -0.4 is 10.0 Å². The lowest BCUT2D eigenvalue weighted by molar-refractivity contribution is 0.271. The number of rotatable bonds is 6. The van der Waals surface area contributed by atoms with Crippen molar-refractivity contribution in [3.63, 3.8) is 0 Å². The Morgan fingerprint density at radius 3 is 2.69 bits per heavy atom. The molecule has 1 fully saturated rings. The number of fused-ring (bicyclic) bond motifs is 1. The zero-order valence-electron chi connectivity index (χ0n) is 15.1. The first-order valence-corrected chi connectivity index (χ1v) is 10.7. The molecule has 0 aliphatic carbocycles. The van der Waals surface area contributed by atoms with Crippen LogP contribution in [0.5, 0.6) is 0 Å². The van der Waals surface area contributed by atoms with Gasteiger partial charge in [0, 0.05) is 25.7 Å². The van der Waals surface area contributed by atoms with Gasteiger partial charge in [-0.3, -0.25) is 0 Å². The van der Waals surface area contributed by atoms with Crippen molar-refractivity contribution < 1.29 is 8.42 Å². The lowest BCUT2D eigenvalue weighted by Gasteiger charge is -2.37. The molecule has 26 heavy (non-hydrogen) atoms. The fraction of sp³-hybridized carbons (Fsp3) is 0.625. The van der Waals surface area contributed by atoms with Gasteiger partial charge in [-0.05, 0) is 37.8 Å². The molecule has 0 radical (unpaired) electrons. The lowest BCUT2D eigenvalue weighted by Crippen LogP contribution is -2.50. The molecule has 2 aromatic heterocycles. The van der Waals surface area contributed by atoms with Gasteiger partial charge in [0.25, 0.3) is 10.2 Å². The summed E-state index contributed by atoms with van der Waals surface area (Å²) in [4.78, 5) is 6.62. The molecule has 0 spiro atoms. The maximum atomic E-state index is 12.0. The van der Waals surface area contributed by atoms with E-state index in [4.69, 9.17) is 16.7 Å². The average molecular weight is 401 g/mol. The smallest absolute Gasteiger partial charge is 0.277 e. The standard InChI is InChI=1S/C16H25ClN6O2S/c1-3-4-7-22(26(18,24)25)13-5-8-21(9-6-13)16-15-12(2)10-14(17)23(15)20-11-19-16/h10-11,13H,3-9H2,1-2H3,(H2,18,24,25). The minimum atomic E-state index is -3.69. The van der Waals surface area contributed by atoms with Crippen LogP contribution >= 0.6 is 11.6 Å². The molecule has 1 saturated heterocycles. The molecule has 3 heterocycles. The van der Waals surface area contributed by atoms with Crippen LogP contribution in [0.4, 0.5) is 5.82 Å². The summed E-state index contributed by atoms with van der Waals surface area (Å²) in [5.74, 6) is 0.832. The van der Waals surface area contributed by atoms with Crippen molar-refractivity contribution in [2.24, 2.45) is 5.14 Å². The number of nitrogens with two attached hydrogens (primary N) is 1. The Labute approximate surface area is 159 Å². The first kappa shape index (κ1) is 19.3. The molecule has 0 unspecified atom stereocenters. The molecule has 0 atom stereocenters. The van der Waals surface area contributed by atoms with Crippen LogP contribution in [0.25, 0.3) is 5.52 Å². The van der Waals surface area contributed by atoms with Crippen LogP contribution in [-0.2, 0) is 10.2 Å². The Hall–Kier alpha value is -1.42. The van der Waals surface area contributed by atoms with Crippen LogP contribution in [0.3, 0.4) is 0 Å². The van der Waals surface area contributed by atoms with E-state index in [0.29, 0.717) is 37.6 Å². The highest BCUT2D eigenvalue weighted by Gasteiger charge is 2.31. The van der Waals surface area contributed by atoms with Crippen molar-refractivity contribution in [1.29, 1.82) is 0 Å². The second-order valence-electron chi connectivity index (χ2n) is 6.72. The first-order chi connectivity index (χ1) is 12.3. The number of anilines is 1. The molecule has 0 aromatic carbocycles. The lowest BCUT2D eigenvalue weighted by atomic mass is 10.0. The van der Waals surface area contributed by atoms with Gasteiger partial charge in [0.1, 0.15) is 17.0 Å². The summed E-state index contributed by atoms with van der Waals surface area (Å²) in [6.07, 6.45) is 4.66. The average Bonchev–Trinajstić information content (AvgIpc) is 2.89. The van der Waals surface area contributed by atoms with Crippen LogP contribution in [0.1, 0.15) is 38.2 Å². The highest BCUT2D eigenvalue weighted by Crippen LogP contribution is 2.29. The number of aromatic nitrogens is 3. The highest BCUT2D eigenvalue weighted by molar-refractivity contribution is 7.86. The van der Waals surface area contributed by atoms with Crippen molar-refractivity contribution in [2.75, 3.05) is 24.5 Å². The summed E-state index contributed by atoms with van der Waals surface area (Å²) in [6.45, 7) is 5.91. The number of halogens is 1. The normalized spacial score (nSPS) is 16.7. The molecule has 0 amide bonds. The number of piperidine rings is 1. The van der Waals surface area contributed by atoms with Crippen molar-refractivity contribution in [3.05, 3.63) is 23.1 Å². The Bertz CT molecular complexity index is 876. The van der Waals surface area contributed by atoms with Gasteiger partial charge in [0.2, 0.25) is 0 Å². The number of hydrogen-bond donors (Lipinski definition) is 1. The summed E-state index contributed by atoms with van der Waals surface area (Å²) >= 11 is 6.22. The molecular formula is C16H25ClN6O2S. The maximum Gasteiger partial charge on any atom is 0.277 e. The summed E-state index contributed by atoms with van der Waals surface area (Å²) in [5, 5.41) is 10.2. The van der Waals surface area contributed by atoms with E-state index in [1.54, 1.807) is 4.52 Å². The molecule has 3 rings (SSSR count). The third-order valence-electron chi connectivity index (χ3n) is 4.91. The fourth-order valence-corrected chi connectivity index (χ4v) is 4.89. The summed E-state index contributed by atoms with van der Waals surface area (Å²) in [5.41, 5.74) is 1.91. The van der Waals surface area contributed by atoms with E-state index in [-0.39, 0.29) is 6.04 Å². The van der Waals surface area contributed by atoms with E-state index in [1.807, 2.05) is 19.9 Å². The number of hydrogen-bond acceptors (Lipinski definition) is 5. The molecular weight excluding hydrogens is 376 g/mol. The van der Waals surface area contributed by atoms with Crippen LogP contribution in [-0.4, -0.2) is 53.0 Å². The van der Waals surface area contributed by atoms with E-state index >= 15 is 0 Å². The maximum absolute atomic E-state index is 12.0. The Morgan fingerprint density at radius 2 is 2.08 bits per heavy atom. The molecule has 10 heteroatoms. The SMILES string of the molecule is CCCCN(C1CCN(c2ncnn3c(Cl)cc(C)c23)CC1)S(N)(=O)=O. The molecule has 1 aliphatic rings. The van der Waals surface area contributed by atoms with Gasteiger partial charge >= 0.3 is 0 Å². The zero-order valence-corrected chi connectivity index (χ0v) is 16.7. The highest BCUT2D eigenvalue weighted by atomic mass is 35.5. The largest absolute Gasteiger partial charge is 0.355 e. The zero-order chi connectivity index (χ0) is 18.9. The van der Waals surface area contributed by atoms with Crippen molar-refractivity contribution in [3.8, 4) is 0 Å². The van der Waals surface area contributed by atoms with Crippen LogP contribution in [0.2, 0.25) is 5.15 Å². The van der Waals surface area contributed by atoms with E-state index in [2.05, 4.69) is 15.0 Å². The molecule has 0 saturated carbocycles.